The highest BCUT2D eigenvalue weighted by Gasteiger charge is 2.14. The summed E-state index contributed by atoms with van der Waals surface area (Å²) in [6.07, 6.45) is 5.54. The lowest BCUT2D eigenvalue weighted by Gasteiger charge is -2.07. The minimum absolute atomic E-state index is 0.0619. The van der Waals surface area contributed by atoms with E-state index in [0.29, 0.717) is 0 Å². The molecule has 2 aromatic heterocycles. The number of nitro groups is 1. The Morgan fingerprint density at radius 1 is 0.839 bits per heavy atom. The second-order valence-electron chi connectivity index (χ2n) is 7.20. The monoisotopic (exact) mass is 407 g/mol. The van der Waals surface area contributed by atoms with E-state index in [0.717, 1.165) is 38.8 Å². The number of non-ortho nitro benzene ring substituents is 1. The van der Waals surface area contributed by atoms with Crippen LogP contribution in [0.2, 0.25) is 0 Å². The van der Waals surface area contributed by atoms with Gasteiger partial charge in [0.1, 0.15) is 5.75 Å². The number of benzene rings is 3. The third kappa shape index (κ3) is 3.40. The van der Waals surface area contributed by atoms with Gasteiger partial charge in [-0.3, -0.25) is 15.1 Å². The van der Waals surface area contributed by atoms with Gasteiger partial charge in [0, 0.05) is 47.4 Å². The molecule has 0 unspecified atom stereocenters. The Bertz CT molecular complexity index is 1410. The molecule has 0 amide bonds. The molecule has 0 fully saturated rings. The molecule has 5 aromatic rings. The molecule has 6 heteroatoms. The maximum absolute atomic E-state index is 11.2. The summed E-state index contributed by atoms with van der Waals surface area (Å²) in [5.41, 5.74) is 5.68. The molecule has 31 heavy (non-hydrogen) atoms. The second-order valence-corrected chi connectivity index (χ2v) is 7.20. The third-order valence-corrected chi connectivity index (χ3v) is 5.32. The van der Waals surface area contributed by atoms with Crippen LogP contribution in [0.25, 0.3) is 38.8 Å². The van der Waals surface area contributed by atoms with Crippen LogP contribution in [0.15, 0.2) is 97.5 Å². The number of aromatic nitrogens is 2. The van der Waals surface area contributed by atoms with Crippen molar-refractivity contribution in [2.45, 2.75) is 0 Å². The fourth-order valence-electron chi connectivity index (χ4n) is 3.79. The number of phenolic OH excluding ortho intramolecular Hbond substituents is 1. The van der Waals surface area contributed by atoms with E-state index >= 15 is 0 Å². The lowest BCUT2D eigenvalue weighted by atomic mass is 10.0. The number of pyridine rings is 1. The zero-order chi connectivity index (χ0) is 21.4. The standard InChI is InChI=1S/C25H17N3O3/c29-22-7-4-17(5-8-22)24-16-27(20-10-12-26-13-11-20)25-15-19(6-9-23(24)25)18-2-1-3-21(14-18)28(30)31/h1-16,29H. The van der Waals surface area contributed by atoms with Gasteiger partial charge in [0.05, 0.1) is 10.4 Å². The number of fused-ring (bicyclic) bond motifs is 1. The van der Waals surface area contributed by atoms with Crippen molar-refractivity contribution in [3.8, 4) is 33.7 Å². The molecule has 0 saturated carbocycles. The molecular formula is C25H17N3O3. The van der Waals surface area contributed by atoms with Crippen LogP contribution in [-0.4, -0.2) is 19.6 Å². The molecule has 1 N–H and O–H groups in total. The van der Waals surface area contributed by atoms with Gasteiger partial charge in [0.2, 0.25) is 0 Å². The van der Waals surface area contributed by atoms with Gasteiger partial charge in [0.15, 0.2) is 0 Å². The summed E-state index contributed by atoms with van der Waals surface area (Å²) in [5.74, 6) is 0.217. The lowest BCUT2D eigenvalue weighted by Crippen LogP contribution is -1.92. The predicted molar refractivity (Wildman–Crippen MR) is 120 cm³/mol. The fourth-order valence-corrected chi connectivity index (χ4v) is 3.79. The van der Waals surface area contributed by atoms with Crippen LogP contribution in [0.4, 0.5) is 5.69 Å². The Balaban J connectivity index is 1.74. The maximum atomic E-state index is 11.2. The van der Waals surface area contributed by atoms with Crippen molar-refractivity contribution < 1.29 is 10.0 Å². The molecule has 0 aliphatic rings. The molecule has 6 nitrogen and oxygen atoms in total. The maximum Gasteiger partial charge on any atom is 0.270 e. The minimum Gasteiger partial charge on any atom is -0.508 e. The molecule has 150 valence electrons. The smallest absolute Gasteiger partial charge is 0.270 e. The van der Waals surface area contributed by atoms with Crippen LogP contribution in [0.1, 0.15) is 0 Å². The molecule has 0 radical (unpaired) electrons. The number of aromatic hydroxyl groups is 1. The van der Waals surface area contributed by atoms with Gasteiger partial charge < -0.3 is 9.67 Å². The predicted octanol–water partition coefficient (Wildman–Crippen LogP) is 5.97. The third-order valence-electron chi connectivity index (χ3n) is 5.32. The normalized spacial score (nSPS) is 11.0. The number of hydrogen-bond donors (Lipinski definition) is 1. The van der Waals surface area contributed by atoms with Crippen molar-refractivity contribution in [2.24, 2.45) is 0 Å². The molecule has 2 heterocycles. The largest absolute Gasteiger partial charge is 0.508 e. The first kappa shape index (κ1) is 18.6. The summed E-state index contributed by atoms with van der Waals surface area (Å²) in [4.78, 5) is 14.9. The fraction of sp³-hybridized carbons (Fsp3) is 0. The minimum atomic E-state index is -0.384. The summed E-state index contributed by atoms with van der Waals surface area (Å²) >= 11 is 0. The molecule has 0 aliphatic heterocycles. The highest BCUT2D eigenvalue weighted by Crippen LogP contribution is 2.36. The van der Waals surface area contributed by atoms with Crippen molar-refractivity contribution in [1.29, 1.82) is 0 Å². The van der Waals surface area contributed by atoms with E-state index in [1.54, 1.807) is 36.7 Å². The summed E-state index contributed by atoms with van der Waals surface area (Å²) in [6, 6.07) is 23.7. The SMILES string of the molecule is O=[N+]([O-])c1cccc(-c2ccc3c(-c4ccc(O)cc4)cn(-c4ccncc4)c3c2)c1. The summed E-state index contributed by atoms with van der Waals surface area (Å²) in [7, 11) is 0. The molecule has 5 rings (SSSR count). The van der Waals surface area contributed by atoms with E-state index in [2.05, 4.69) is 15.7 Å². The average molecular weight is 407 g/mol. The number of hydrogen-bond acceptors (Lipinski definition) is 4. The molecular weight excluding hydrogens is 390 g/mol. The van der Waals surface area contributed by atoms with Crippen LogP contribution >= 0.6 is 0 Å². The average Bonchev–Trinajstić information content (AvgIpc) is 3.19. The summed E-state index contributed by atoms with van der Waals surface area (Å²) in [5, 5.41) is 21.9. The van der Waals surface area contributed by atoms with Crippen molar-refractivity contribution in [3.05, 3.63) is 108 Å². The van der Waals surface area contributed by atoms with Crippen molar-refractivity contribution >= 4 is 16.6 Å². The zero-order valence-electron chi connectivity index (χ0n) is 16.3. The van der Waals surface area contributed by atoms with Gasteiger partial charge in [-0.2, -0.15) is 0 Å². The number of nitro benzene ring substituents is 1. The van der Waals surface area contributed by atoms with E-state index < -0.39 is 0 Å². The molecule has 3 aromatic carbocycles. The number of nitrogens with zero attached hydrogens (tertiary/aromatic N) is 3. The van der Waals surface area contributed by atoms with Gasteiger partial charge >= 0.3 is 0 Å². The van der Waals surface area contributed by atoms with Crippen molar-refractivity contribution in [2.75, 3.05) is 0 Å². The topological polar surface area (TPSA) is 81.2 Å². The van der Waals surface area contributed by atoms with Crippen LogP contribution in [-0.2, 0) is 0 Å². The van der Waals surface area contributed by atoms with Gasteiger partial charge in [-0.05, 0) is 47.0 Å². The van der Waals surface area contributed by atoms with Crippen LogP contribution in [0.5, 0.6) is 5.75 Å². The molecule has 0 aliphatic carbocycles. The zero-order valence-corrected chi connectivity index (χ0v) is 16.3. The van der Waals surface area contributed by atoms with E-state index in [1.807, 2.05) is 48.5 Å². The molecule has 0 spiro atoms. The van der Waals surface area contributed by atoms with Crippen LogP contribution in [0.3, 0.4) is 0 Å². The Morgan fingerprint density at radius 3 is 2.29 bits per heavy atom. The highest BCUT2D eigenvalue weighted by molar-refractivity contribution is 5.99. The van der Waals surface area contributed by atoms with Crippen LogP contribution in [0, 0.1) is 10.1 Å². The molecule has 0 saturated heterocycles. The molecule has 0 atom stereocenters. The summed E-state index contributed by atoms with van der Waals surface area (Å²) < 4.78 is 2.08. The Kier molecular flexibility index (Phi) is 4.45. The summed E-state index contributed by atoms with van der Waals surface area (Å²) in [6.45, 7) is 0. The number of phenols is 1. The van der Waals surface area contributed by atoms with Gasteiger partial charge in [-0.25, -0.2) is 0 Å². The first-order valence-corrected chi connectivity index (χ1v) is 9.70. The van der Waals surface area contributed by atoms with Crippen LogP contribution < -0.4 is 0 Å². The van der Waals surface area contributed by atoms with E-state index in [9.17, 15) is 15.2 Å². The Labute approximate surface area is 177 Å². The number of rotatable bonds is 4. The van der Waals surface area contributed by atoms with Crippen molar-refractivity contribution in [1.82, 2.24) is 9.55 Å². The van der Waals surface area contributed by atoms with Crippen molar-refractivity contribution in [3.63, 3.8) is 0 Å². The second kappa shape index (κ2) is 7.42. The van der Waals surface area contributed by atoms with E-state index in [-0.39, 0.29) is 16.4 Å². The van der Waals surface area contributed by atoms with Gasteiger partial charge in [0.25, 0.3) is 5.69 Å². The highest BCUT2D eigenvalue weighted by atomic mass is 16.6. The lowest BCUT2D eigenvalue weighted by molar-refractivity contribution is -0.384. The first-order chi connectivity index (χ1) is 15.1. The van der Waals surface area contributed by atoms with Gasteiger partial charge in [-0.15, -0.1) is 0 Å². The van der Waals surface area contributed by atoms with Gasteiger partial charge in [-0.1, -0.05) is 36.4 Å². The van der Waals surface area contributed by atoms with E-state index in [1.165, 1.54) is 6.07 Å². The first-order valence-electron chi connectivity index (χ1n) is 9.70. The quantitative estimate of drug-likeness (QED) is 0.294. The molecule has 0 bridgehead atoms. The Hall–Kier alpha value is -4.45. The van der Waals surface area contributed by atoms with E-state index in [4.69, 9.17) is 0 Å². The Morgan fingerprint density at radius 2 is 1.55 bits per heavy atom.